The Morgan fingerprint density at radius 2 is 1.70 bits per heavy atom. The first kappa shape index (κ1) is 20.2. The second-order valence-corrected chi connectivity index (χ2v) is 8.05. The van der Waals surface area contributed by atoms with E-state index in [1.807, 2.05) is 24.3 Å². The maximum atomic E-state index is 12.4. The highest BCUT2D eigenvalue weighted by Gasteiger charge is 2.27. The van der Waals surface area contributed by atoms with Crippen molar-refractivity contribution in [1.82, 2.24) is 0 Å². The molecule has 1 unspecified atom stereocenters. The summed E-state index contributed by atoms with van der Waals surface area (Å²) in [6.07, 6.45) is 12.1. The van der Waals surface area contributed by atoms with E-state index in [1.165, 1.54) is 38.5 Å². The monoisotopic (exact) mass is 374 g/mol. The fourth-order valence-corrected chi connectivity index (χ4v) is 3.91. The lowest BCUT2D eigenvalue weighted by Crippen LogP contribution is -2.25. The highest BCUT2D eigenvalue weighted by atomic mass is 16.6. The van der Waals surface area contributed by atoms with E-state index in [2.05, 4.69) is 6.92 Å². The van der Waals surface area contributed by atoms with Crippen LogP contribution in [0, 0.1) is 11.8 Å². The Kier molecular flexibility index (Phi) is 8.00. The average Bonchev–Trinajstić information content (AvgIpc) is 3.52. The molecular formula is C23H34O4. The van der Waals surface area contributed by atoms with Gasteiger partial charge in [-0.15, -0.1) is 0 Å². The summed E-state index contributed by atoms with van der Waals surface area (Å²) in [6.45, 7) is 3.84. The van der Waals surface area contributed by atoms with Crippen LogP contribution in [0.5, 0.6) is 11.5 Å². The third-order valence-electron chi connectivity index (χ3n) is 5.78. The van der Waals surface area contributed by atoms with Crippen LogP contribution in [0.4, 0.5) is 0 Å². The van der Waals surface area contributed by atoms with E-state index in [-0.39, 0.29) is 11.9 Å². The molecule has 0 bridgehead atoms. The molecule has 1 atom stereocenters. The summed E-state index contributed by atoms with van der Waals surface area (Å²) >= 11 is 0. The number of benzene rings is 1. The summed E-state index contributed by atoms with van der Waals surface area (Å²) in [5.41, 5.74) is 0. The molecule has 1 aliphatic carbocycles. The van der Waals surface area contributed by atoms with Crippen LogP contribution in [0.3, 0.4) is 0 Å². The van der Waals surface area contributed by atoms with E-state index >= 15 is 0 Å². The summed E-state index contributed by atoms with van der Waals surface area (Å²) in [5.74, 6) is 2.24. The molecular weight excluding hydrogens is 340 g/mol. The lowest BCUT2D eigenvalue weighted by Gasteiger charge is -2.27. The molecule has 27 heavy (non-hydrogen) atoms. The normalized spacial score (nSPS) is 24.4. The van der Waals surface area contributed by atoms with Gasteiger partial charge in [0.05, 0.1) is 25.2 Å². The summed E-state index contributed by atoms with van der Waals surface area (Å²) in [6, 6.07) is 7.41. The highest BCUT2D eigenvalue weighted by molar-refractivity contribution is 5.75. The van der Waals surface area contributed by atoms with Crippen LogP contribution in [0.2, 0.25) is 0 Å². The zero-order valence-corrected chi connectivity index (χ0v) is 16.7. The SMILES string of the molecule is CCCCCC1CCC(C(=O)Oc2ccc(OCCCC3CO3)cc2)CC1. The van der Waals surface area contributed by atoms with Gasteiger partial charge in [-0.3, -0.25) is 4.79 Å². The van der Waals surface area contributed by atoms with Crippen molar-refractivity contribution in [3.63, 3.8) is 0 Å². The molecule has 2 fully saturated rings. The van der Waals surface area contributed by atoms with Gasteiger partial charge in [0.2, 0.25) is 0 Å². The van der Waals surface area contributed by atoms with E-state index in [0.29, 0.717) is 18.5 Å². The second kappa shape index (κ2) is 10.7. The smallest absolute Gasteiger partial charge is 0.314 e. The van der Waals surface area contributed by atoms with Crippen LogP contribution >= 0.6 is 0 Å². The van der Waals surface area contributed by atoms with E-state index in [1.54, 1.807) is 0 Å². The Hall–Kier alpha value is -1.55. The lowest BCUT2D eigenvalue weighted by atomic mass is 9.80. The van der Waals surface area contributed by atoms with Gasteiger partial charge in [-0.25, -0.2) is 0 Å². The molecule has 1 saturated carbocycles. The van der Waals surface area contributed by atoms with Gasteiger partial charge < -0.3 is 14.2 Å². The lowest BCUT2D eigenvalue weighted by molar-refractivity contribution is -0.140. The van der Waals surface area contributed by atoms with Crippen LogP contribution in [0.15, 0.2) is 24.3 Å². The van der Waals surface area contributed by atoms with E-state index in [4.69, 9.17) is 14.2 Å². The van der Waals surface area contributed by atoms with Crippen LogP contribution in [0.1, 0.15) is 71.1 Å². The minimum absolute atomic E-state index is 0.0630. The number of hydrogen-bond acceptors (Lipinski definition) is 4. The van der Waals surface area contributed by atoms with Crippen molar-refractivity contribution in [3.8, 4) is 11.5 Å². The molecule has 3 rings (SSSR count). The maximum absolute atomic E-state index is 12.4. The zero-order valence-electron chi connectivity index (χ0n) is 16.7. The zero-order chi connectivity index (χ0) is 18.9. The van der Waals surface area contributed by atoms with E-state index in [9.17, 15) is 4.79 Å². The van der Waals surface area contributed by atoms with E-state index < -0.39 is 0 Å². The fourth-order valence-electron chi connectivity index (χ4n) is 3.91. The number of epoxide rings is 1. The summed E-state index contributed by atoms with van der Waals surface area (Å²) in [5, 5.41) is 0. The third kappa shape index (κ3) is 7.17. The first-order valence-electron chi connectivity index (χ1n) is 10.8. The third-order valence-corrected chi connectivity index (χ3v) is 5.78. The van der Waals surface area contributed by atoms with Crippen molar-refractivity contribution < 1.29 is 19.0 Å². The fraction of sp³-hybridized carbons (Fsp3) is 0.696. The number of ether oxygens (including phenoxy) is 3. The highest BCUT2D eigenvalue weighted by Crippen LogP contribution is 2.33. The number of carbonyl (C=O) groups excluding carboxylic acids is 1. The van der Waals surface area contributed by atoms with Crippen molar-refractivity contribution in [2.45, 2.75) is 77.2 Å². The van der Waals surface area contributed by atoms with Crippen molar-refractivity contribution in [3.05, 3.63) is 24.3 Å². The van der Waals surface area contributed by atoms with Crippen molar-refractivity contribution in [2.75, 3.05) is 13.2 Å². The molecule has 1 aromatic rings. The Morgan fingerprint density at radius 3 is 2.37 bits per heavy atom. The number of esters is 1. The summed E-state index contributed by atoms with van der Waals surface area (Å²) in [4.78, 5) is 12.4. The minimum Gasteiger partial charge on any atom is -0.494 e. The molecule has 0 aromatic heterocycles. The van der Waals surface area contributed by atoms with Crippen LogP contribution < -0.4 is 9.47 Å². The molecule has 1 heterocycles. The number of unbranched alkanes of at least 4 members (excludes halogenated alkanes) is 2. The number of hydrogen-bond donors (Lipinski definition) is 0. The minimum atomic E-state index is -0.0693. The second-order valence-electron chi connectivity index (χ2n) is 8.05. The Morgan fingerprint density at radius 1 is 1.00 bits per heavy atom. The Labute approximate surface area is 163 Å². The predicted molar refractivity (Wildman–Crippen MR) is 106 cm³/mol. The van der Waals surface area contributed by atoms with Gasteiger partial charge in [0, 0.05) is 0 Å². The Bertz CT molecular complexity index is 556. The van der Waals surface area contributed by atoms with Crippen molar-refractivity contribution >= 4 is 5.97 Å². The number of carbonyl (C=O) groups is 1. The van der Waals surface area contributed by atoms with Crippen molar-refractivity contribution in [2.24, 2.45) is 11.8 Å². The van der Waals surface area contributed by atoms with Crippen molar-refractivity contribution in [1.29, 1.82) is 0 Å². The van der Waals surface area contributed by atoms with E-state index in [0.717, 1.165) is 44.0 Å². The molecule has 1 aromatic carbocycles. The molecule has 4 nitrogen and oxygen atoms in total. The largest absolute Gasteiger partial charge is 0.494 e. The molecule has 150 valence electrons. The molecule has 1 saturated heterocycles. The first-order chi connectivity index (χ1) is 13.2. The van der Waals surface area contributed by atoms with Gasteiger partial charge in [0.1, 0.15) is 11.5 Å². The van der Waals surface area contributed by atoms with Gasteiger partial charge in [0.25, 0.3) is 0 Å². The van der Waals surface area contributed by atoms with Gasteiger partial charge in [-0.1, -0.05) is 32.6 Å². The number of rotatable bonds is 11. The average molecular weight is 375 g/mol. The molecule has 0 N–H and O–H groups in total. The first-order valence-corrected chi connectivity index (χ1v) is 10.8. The van der Waals surface area contributed by atoms with Gasteiger partial charge in [-0.05, 0) is 68.7 Å². The predicted octanol–water partition coefficient (Wildman–Crippen LogP) is 5.54. The molecule has 1 aliphatic heterocycles. The van der Waals surface area contributed by atoms with Gasteiger partial charge >= 0.3 is 5.97 Å². The molecule has 0 spiro atoms. The van der Waals surface area contributed by atoms with Crippen LogP contribution in [0.25, 0.3) is 0 Å². The Balaban J connectivity index is 1.34. The summed E-state index contributed by atoms with van der Waals surface area (Å²) in [7, 11) is 0. The maximum Gasteiger partial charge on any atom is 0.314 e. The van der Waals surface area contributed by atoms with Gasteiger partial charge in [-0.2, -0.15) is 0 Å². The molecule has 0 radical (unpaired) electrons. The molecule has 0 amide bonds. The standard InChI is InChI=1S/C23H34O4/c1-2-3-4-6-18-8-10-19(11-9-18)23(24)27-21-14-12-20(13-15-21)25-16-5-7-22-17-26-22/h12-15,18-19,22H,2-11,16-17H2,1H3. The van der Waals surface area contributed by atoms with Gasteiger partial charge in [0.15, 0.2) is 0 Å². The van der Waals surface area contributed by atoms with Crippen LogP contribution in [-0.4, -0.2) is 25.3 Å². The molecule has 2 aliphatic rings. The molecule has 4 heteroatoms. The summed E-state index contributed by atoms with van der Waals surface area (Å²) < 4.78 is 16.5. The quantitative estimate of drug-likeness (QED) is 0.221. The topological polar surface area (TPSA) is 48.1 Å². The van der Waals surface area contributed by atoms with Crippen LogP contribution in [-0.2, 0) is 9.53 Å².